The average Bonchev–Trinajstić information content (AvgIpc) is 0.660. The number of carbonyl (C=O) groups excluding carboxylic acids is 3. The predicted octanol–water partition coefficient (Wildman–Crippen LogP) is 10.7. The number of hydrogen-bond acceptors (Lipinski definition) is 18. The van der Waals surface area contributed by atoms with Crippen LogP contribution in [0.15, 0.2) is 36.4 Å². The average molecular weight is 1290 g/mol. The molecule has 18 heteroatoms. The van der Waals surface area contributed by atoms with E-state index in [4.69, 9.17) is 88.6 Å². The Morgan fingerprint density at radius 1 is 0.467 bits per heavy atom. The van der Waals surface area contributed by atoms with Crippen LogP contribution in [0.3, 0.4) is 0 Å². The van der Waals surface area contributed by atoms with Gasteiger partial charge in [-0.2, -0.15) is 0 Å². The molecule has 90 heavy (non-hydrogen) atoms. The minimum Gasteiger partial charge on any atom is -0.493 e. The van der Waals surface area contributed by atoms with Crippen molar-refractivity contribution >= 4 is 17.9 Å². The van der Waals surface area contributed by atoms with Gasteiger partial charge in [0.05, 0.1) is 50.8 Å². The summed E-state index contributed by atoms with van der Waals surface area (Å²) in [6.45, 7) is -0.659. The number of nitrogens with zero attached hydrogens (tertiary/aromatic N) is 3. The van der Waals surface area contributed by atoms with Crippen LogP contribution in [0.2, 0.25) is 0 Å². The lowest BCUT2D eigenvalue weighted by Gasteiger charge is -2.47. The van der Waals surface area contributed by atoms with E-state index in [0.717, 1.165) is 37.4 Å². The highest BCUT2D eigenvalue weighted by Gasteiger charge is 2.45. The third-order valence-electron chi connectivity index (χ3n) is 14.9. The molecule has 3 aromatic carbocycles. The summed E-state index contributed by atoms with van der Waals surface area (Å²) in [5.41, 5.74) is 15.3. The SMILES string of the molecule is [2H]C([2H])([2H])Oc1cc2c(cc1OC)C1N(C([2H])([2H])C2([2H])[2H])C([2H])([2H])C([2H])(CC(C)C)C([2H])(OC(=O)[C@@H](N)C(C)C)C1([2H])[2H].[2H]C1([2H])c2cc(OC)c(OC)cc2C2([2H])N(C1([2H])[2H])C([2H])([2H])C([2H])(CC(C)C)C(OC(=O)[C@@H](N)C(C)C)C2([2H])[2H].[2H]C1([2H])c2cc(OC)c(OC)cc2C2N(C1([2H])[2H])C([2H])([2H])C([2H])(CC(C)C)C([2H])(OC(=O)[C@@H](N)C(C)C)C2([2H])[2H]. The molecular weight excluding hydrogens is 1140 g/mol. The Kier molecular flexibility index (Phi) is 14.0. The van der Waals surface area contributed by atoms with E-state index in [0.29, 0.717) is 4.90 Å². The first-order valence-corrected chi connectivity index (χ1v) is 29.9. The summed E-state index contributed by atoms with van der Waals surface area (Å²) in [5.74, 6) is -16.2. The summed E-state index contributed by atoms with van der Waals surface area (Å²) < 4.78 is 343. The lowest BCUT2D eigenvalue weighted by molar-refractivity contribution is -0.161. The Labute approximate surface area is 585 Å². The van der Waals surface area contributed by atoms with Crippen LogP contribution in [0.25, 0.3) is 0 Å². The second-order valence-corrected chi connectivity index (χ2v) is 24.4. The van der Waals surface area contributed by atoms with Crippen molar-refractivity contribution in [3.63, 3.8) is 0 Å². The van der Waals surface area contributed by atoms with E-state index in [9.17, 15) is 30.8 Å². The Hall–Kier alpha value is -5.37. The summed E-state index contributed by atoms with van der Waals surface area (Å²) in [5, 5.41) is 0. The molecule has 0 amide bonds. The lowest BCUT2D eigenvalue weighted by atomic mass is 9.79. The highest BCUT2D eigenvalue weighted by molar-refractivity contribution is 5.77. The molecule has 6 aliphatic heterocycles. The zero-order chi connectivity index (χ0) is 95.5. The van der Waals surface area contributed by atoms with Crippen molar-refractivity contribution in [3.05, 3.63) is 69.8 Å². The molecule has 3 aromatic rings. The first-order chi connectivity index (χ1) is 55.2. The van der Waals surface area contributed by atoms with Crippen LogP contribution < -0.4 is 45.6 Å². The normalized spacial score (nSPS) is 42.1. The fraction of sp³-hybridized carbons (Fsp3) is 0.708. The maximum absolute atomic E-state index is 13.2. The van der Waals surface area contributed by atoms with Gasteiger partial charge < -0.3 is 59.8 Å². The number of nitrogens with two attached hydrogens (primary N) is 3. The van der Waals surface area contributed by atoms with E-state index < -0.39 is 257 Å². The molecule has 12 atom stereocenters. The standard InChI is InChI=1S/3C24H38N2O4/c3*1-14(2)9-17-13-26-8-7-16-10-21(28-5)22(29-6)11-18(16)19(26)12-20(17)30-24(27)23(25)15(3)4/h3*10-11,14-15,17,19-20,23H,7-9,12-13,25H2,1-6H3/t3*17?,19?,20?,23-/m000/s1/i5D3,7D2,8D2,12D2,13D2,17D,20D;7D2,8D2,12D2,13D2,17D,20D;7D2,8D2,12D2,13D2,17D,19D. The van der Waals surface area contributed by atoms with Crippen LogP contribution in [0, 0.1) is 53.2 Å². The first kappa shape index (κ1) is 38.7. The number of esters is 3. The molecule has 6 aliphatic rings. The number of piperidine rings is 3. The van der Waals surface area contributed by atoms with Crippen molar-refractivity contribution in [1.29, 1.82) is 0 Å². The molecule has 9 rings (SSSR count). The number of rotatable bonds is 21. The molecule has 18 nitrogen and oxygen atoms in total. The van der Waals surface area contributed by atoms with Crippen LogP contribution in [0.4, 0.5) is 0 Å². The fourth-order valence-electron chi connectivity index (χ4n) is 9.74. The number of fused-ring (bicyclic) bond motifs is 9. The van der Waals surface area contributed by atoms with Gasteiger partial charge in [0.25, 0.3) is 0 Å². The topological polar surface area (TPSA) is 222 Å². The summed E-state index contributed by atoms with van der Waals surface area (Å²) in [4.78, 5) is 40.1. The van der Waals surface area contributed by atoms with Gasteiger partial charge in [-0.25, -0.2) is 0 Å². The van der Waals surface area contributed by atoms with Crippen molar-refractivity contribution < 1.29 is 102 Å². The predicted molar refractivity (Wildman–Crippen MR) is 353 cm³/mol. The summed E-state index contributed by atoms with van der Waals surface area (Å²) >= 11 is 0. The number of ether oxygens (including phenoxy) is 9. The van der Waals surface area contributed by atoms with Crippen LogP contribution in [0.1, 0.15) is 218 Å². The van der Waals surface area contributed by atoms with Crippen molar-refractivity contribution in [2.24, 2.45) is 70.4 Å². The van der Waals surface area contributed by atoms with Gasteiger partial charge in [-0.05, 0) is 144 Å². The van der Waals surface area contributed by atoms with Crippen molar-refractivity contribution in [3.8, 4) is 34.5 Å². The molecule has 3 fully saturated rings. The summed E-state index contributed by atoms with van der Waals surface area (Å²) in [7, 11) is 3.19. The van der Waals surface area contributed by atoms with Gasteiger partial charge in [0, 0.05) is 131 Å². The molecule has 0 spiro atoms. The van der Waals surface area contributed by atoms with Crippen molar-refractivity contribution in [2.75, 3.05) is 81.6 Å². The second-order valence-electron chi connectivity index (χ2n) is 24.4. The number of hydrogen-bond donors (Lipinski definition) is 3. The van der Waals surface area contributed by atoms with Gasteiger partial charge in [0.1, 0.15) is 36.4 Å². The van der Waals surface area contributed by atoms with Gasteiger partial charge in [0.2, 0.25) is 0 Å². The van der Waals surface area contributed by atoms with Gasteiger partial charge >= 0.3 is 17.9 Å². The molecule has 3 saturated heterocycles. The highest BCUT2D eigenvalue weighted by atomic mass is 16.6. The van der Waals surface area contributed by atoms with Gasteiger partial charge in [-0.3, -0.25) is 29.1 Å². The molecule has 0 saturated carbocycles. The number of methoxy groups -OCH3 is 6. The van der Waals surface area contributed by atoms with E-state index in [2.05, 4.69) is 0 Å². The second kappa shape index (κ2) is 32.5. The van der Waals surface area contributed by atoms with E-state index >= 15 is 0 Å². The largest absolute Gasteiger partial charge is 0.493 e. The lowest BCUT2D eigenvalue weighted by Crippen LogP contribution is -2.51. The number of benzene rings is 3. The van der Waals surface area contributed by atoms with Crippen LogP contribution in [-0.4, -0.2) is 151 Å². The Morgan fingerprint density at radius 3 is 1.16 bits per heavy atom. The Bertz CT molecular complexity index is 4440. The molecule has 6 heterocycles. The maximum atomic E-state index is 13.2. The smallest absolute Gasteiger partial charge is 0.323 e. The molecule has 0 aromatic heterocycles. The van der Waals surface area contributed by atoms with Crippen LogP contribution >= 0.6 is 0 Å². The van der Waals surface area contributed by atoms with Gasteiger partial charge in [-0.15, -0.1) is 0 Å². The van der Waals surface area contributed by atoms with Crippen molar-refractivity contribution in [2.45, 2.75) is 195 Å². The zero-order valence-corrected chi connectivity index (χ0v) is 54.5. The van der Waals surface area contributed by atoms with Gasteiger partial charge in [-0.1, -0.05) is 83.1 Å². The third kappa shape index (κ3) is 17.5. The molecule has 0 radical (unpaired) electrons. The van der Waals surface area contributed by atoms with Crippen LogP contribution in [0.5, 0.6) is 34.5 Å². The van der Waals surface area contributed by atoms with E-state index in [1.54, 1.807) is 83.1 Å². The number of aryl methyl sites for hydroxylation is 3. The number of carbonyl (C=O) groups is 3. The Balaban J connectivity index is 0.000000254. The quantitative estimate of drug-likeness (QED) is 0.0666. The molecule has 504 valence electrons. The minimum atomic E-state index is -3.41. The van der Waals surface area contributed by atoms with Gasteiger partial charge in [0.15, 0.2) is 34.5 Å². The van der Waals surface area contributed by atoms with E-state index in [-0.39, 0.29) is 49.7 Å². The molecule has 6 N–H and O–H groups in total. The molecule has 0 aliphatic carbocycles. The molecule has 9 unspecified atom stereocenters. The fourth-order valence-corrected chi connectivity index (χ4v) is 9.74. The molecular formula is C72H114N6O12. The van der Waals surface area contributed by atoms with Crippen molar-refractivity contribution in [1.82, 2.24) is 14.7 Å². The minimum absolute atomic E-state index is 0.0158. The van der Waals surface area contributed by atoms with Crippen LogP contribution in [-0.2, 0) is 47.7 Å². The Morgan fingerprint density at radius 2 is 0.789 bits per heavy atom. The summed E-state index contributed by atoms with van der Waals surface area (Å²) in [6, 6.07) is -4.85. The van der Waals surface area contributed by atoms with E-state index in [1.807, 2.05) is 0 Å². The summed E-state index contributed by atoms with van der Waals surface area (Å²) in [6.07, 6.45) is -29.2. The maximum Gasteiger partial charge on any atom is 0.323 e. The molecule has 0 bridgehead atoms. The highest BCUT2D eigenvalue weighted by Crippen LogP contribution is 2.48. The van der Waals surface area contributed by atoms with E-state index in [1.165, 1.54) is 34.5 Å². The monoisotopic (exact) mass is 1290 g/mol. The first-order valence-electron chi connectivity index (χ1n) is 46.4. The third-order valence-corrected chi connectivity index (χ3v) is 14.9. The zero-order valence-electron chi connectivity index (χ0n) is 87.5.